The highest BCUT2D eigenvalue weighted by atomic mass is 16.6. The van der Waals surface area contributed by atoms with Crippen LogP contribution in [0.15, 0.2) is 60.7 Å². The van der Waals surface area contributed by atoms with E-state index in [1.165, 1.54) is 0 Å². The van der Waals surface area contributed by atoms with E-state index in [4.69, 9.17) is 30.9 Å². The second-order valence-electron chi connectivity index (χ2n) is 9.76. The zero-order chi connectivity index (χ0) is 28.9. The smallest absolute Gasteiger partial charge is 0.407 e. The number of hydrogen-bond donors (Lipinski definition) is 7. The Bertz CT molecular complexity index is 979. The van der Waals surface area contributed by atoms with Gasteiger partial charge in [0.2, 0.25) is 0 Å². The average molecular weight is 535 g/mol. The highest BCUT2D eigenvalue weighted by molar-refractivity contribution is 5.83. The highest BCUT2D eigenvalue weighted by Gasteiger charge is 2.29. The monoisotopic (exact) mass is 534 g/mol. The van der Waals surface area contributed by atoms with Gasteiger partial charge in [0, 0.05) is 12.1 Å². The SMILES string of the molecule is CC(C)(C)OC(=O)NC(Cc1ccccc1)CC(O)C(N)Cc1ccccc1.O=C(O)C(O)C(O)C(=O)O. The van der Waals surface area contributed by atoms with E-state index in [0.29, 0.717) is 19.3 Å². The van der Waals surface area contributed by atoms with Crippen molar-refractivity contribution >= 4 is 18.0 Å². The lowest BCUT2D eigenvalue weighted by Gasteiger charge is -2.27. The van der Waals surface area contributed by atoms with E-state index < -0.39 is 48.0 Å². The third-order valence-corrected chi connectivity index (χ3v) is 5.19. The van der Waals surface area contributed by atoms with Crippen molar-refractivity contribution in [2.24, 2.45) is 5.73 Å². The van der Waals surface area contributed by atoms with Crippen molar-refractivity contribution in [1.29, 1.82) is 0 Å². The zero-order valence-corrected chi connectivity index (χ0v) is 21.7. The standard InChI is InChI=1S/C23H32N2O3.C4H6O6/c1-23(2,3)28-22(27)25-19(14-17-10-6-4-7-11-17)16-21(26)20(24)15-18-12-8-5-9-13-18;5-1(3(7)8)2(6)4(9)10/h4-13,19-21,26H,14-16,24H2,1-3H3,(H,25,27);1-2,5-6H,(H,7,8)(H,9,10). The number of rotatable bonds is 11. The van der Waals surface area contributed by atoms with Crippen molar-refractivity contribution in [1.82, 2.24) is 5.32 Å². The Morgan fingerprint density at radius 2 is 1.24 bits per heavy atom. The molecule has 0 aliphatic heterocycles. The molecule has 0 saturated carbocycles. The number of carbonyl (C=O) groups excluding carboxylic acids is 1. The van der Waals surface area contributed by atoms with Gasteiger partial charge in [-0.15, -0.1) is 0 Å². The molecule has 0 fully saturated rings. The van der Waals surface area contributed by atoms with Crippen LogP contribution in [-0.2, 0) is 27.2 Å². The van der Waals surface area contributed by atoms with E-state index in [2.05, 4.69) is 5.32 Å². The Morgan fingerprint density at radius 1 is 0.816 bits per heavy atom. The summed E-state index contributed by atoms with van der Waals surface area (Å²) in [5, 5.41) is 46.1. The lowest BCUT2D eigenvalue weighted by Crippen LogP contribution is -2.46. The molecule has 0 aliphatic carbocycles. The van der Waals surface area contributed by atoms with Crippen molar-refractivity contribution in [3.05, 3.63) is 71.8 Å². The van der Waals surface area contributed by atoms with Crippen molar-refractivity contribution < 1.29 is 44.7 Å². The number of nitrogens with two attached hydrogens (primary N) is 1. The van der Waals surface area contributed by atoms with Gasteiger partial charge < -0.3 is 41.3 Å². The molecule has 210 valence electrons. The molecule has 0 saturated heterocycles. The minimum atomic E-state index is -2.27. The van der Waals surface area contributed by atoms with Crippen LogP contribution in [0.3, 0.4) is 0 Å². The Labute approximate surface area is 221 Å². The molecular formula is C27H38N2O9. The summed E-state index contributed by atoms with van der Waals surface area (Å²) in [7, 11) is 0. The molecule has 5 atom stereocenters. The fraction of sp³-hybridized carbons (Fsp3) is 0.444. The van der Waals surface area contributed by atoms with Crippen LogP contribution < -0.4 is 11.1 Å². The fourth-order valence-corrected chi connectivity index (χ4v) is 3.32. The number of aliphatic carboxylic acids is 2. The van der Waals surface area contributed by atoms with Gasteiger partial charge in [-0.25, -0.2) is 14.4 Å². The molecule has 8 N–H and O–H groups in total. The van der Waals surface area contributed by atoms with Crippen LogP contribution in [-0.4, -0.2) is 79.6 Å². The quantitative estimate of drug-likeness (QED) is 0.220. The van der Waals surface area contributed by atoms with Gasteiger partial charge in [0.05, 0.1) is 6.10 Å². The van der Waals surface area contributed by atoms with Gasteiger partial charge in [-0.1, -0.05) is 60.7 Å². The molecule has 2 aromatic carbocycles. The second-order valence-corrected chi connectivity index (χ2v) is 9.76. The average Bonchev–Trinajstić information content (AvgIpc) is 2.83. The van der Waals surface area contributed by atoms with Crippen molar-refractivity contribution in [3.63, 3.8) is 0 Å². The second kappa shape index (κ2) is 15.7. The van der Waals surface area contributed by atoms with E-state index in [9.17, 15) is 19.5 Å². The zero-order valence-electron chi connectivity index (χ0n) is 21.7. The summed E-state index contributed by atoms with van der Waals surface area (Å²) in [5.41, 5.74) is 7.80. The Balaban J connectivity index is 0.000000612. The van der Waals surface area contributed by atoms with E-state index in [1.54, 1.807) is 0 Å². The maximum atomic E-state index is 12.3. The first-order valence-corrected chi connectivity index (χ1v) is 12.0. The molecule has 38 heavy (non-hydrogen) atoms. The third-order valence-electron chi connectivity index (χ3n) is 5.19. The summed E-state index contributed by atoms with van der Waals surface area (Å²) in [6.45, 7) is 5.47. The van der Waals surface area contributed by atoms with Gasteiger partial charge in [-0.3, -0.25) is 0 Å². The summed E-state index contributed by atoms with van der Waals surface area (Å²) in [6.07, 6.45) is -4.25. The number of hydrogen-bond acceptors (Lipinski definition) is 8. The van der Waals surface area contributed by atoms with Crippen LogP contribution in [0.1, 0.15) is 38.3 Å². The molecule has 0 aromatic heterocycles. The summed E-state index contributed by atoms with van der Waals surface area (Å²) >= 11 is 0. The number of carbonyl (C=O) groups is 3. The molecule has 0 radical (unpaired) electrons. The molecule has 11 heteroatoms. The summed E-state index contributed by atoms with van der Waals surface area (Å²) in [6, 6.07) is 19.0. The number of aliphatic hydroxyl groups is 3. The van der Waals surface area contributed by atoms with Gasteiger partial charge in [0.15, 0.2) is 12.2 Å². The topological polar surface area (TPSA) is 200 Å². The van der Waals surface area contributed by atoms with E-state index in [-0.39, 0.29) is 6.04 Å². The van der Waals surface area contributed by atoms with E-state index in [0.717, 1.165) is 11.1 Å². The van der Waals surface area contributed by atoms with Crippen LogP contribution in [0.2, 0.25) is 0 Å². The minimum Gasteiger partial charge on any atom is -0.479 e. The van der Waals surface area contributed by atoms with Gasteiger partial charge in [0.25, 0.3) is 0 Å². The number of amides is 1. The summed E-state index contributed by atoms with van der Waals surface area (Å²) in [5.74, 6) is -3.54. The molecule has 0 heterocycles. The summed E-state index contributed by atoms with van der Waals surface area (Å²) < 4.78 is 5.38. The molecule has 2 aromatic rings. The van der Waals surface area contributed by atoms with E-state index in [1.807, 2.05) is 81.4 Å². The van der Waals surface area contributed by atoms with Crippen LogP contribution >= 0.6 is 0 Å². The molecule has 11 nitrogen and oxygen atoms in total. The first kappa shape index (κ1) is 32.5. The number of aliphatic hydroxyl groups excluding tert-OH is 3. The molecule has 5 unspecified atom stereocenters. The normalized spacial score (nSPS) is 15.0. The molecule has 0 bridgehead atoms. The van der Waals surface area contributed by atoms with Gasteiger partial charge in [-0.2, -0.15) is 0 Å². The Morgan fingerprint density at radius 3 is 1.63 bits per heavy atom. The lowest BCUT2D eigenvalue weighted by atomic mass is 9.94. The third kappa shape index (κ3) is 13.2. The van der Waals surface area contributed by atoms with Crippen LogP contribution in [0.25, 0.3) is 0 Å². The number of alkyl carbamates (subject to hydrolysis) is 1. The number of nitrogens with one attached hydrogen (secondary N) is 1. The largest absolute Gasteiger partial charge is 0.479 e. The van der Waals surface area contributed by atoms with Crippen molar-refractivity contribution in [2.45, 2.75) is 76.0 Å². The van der Waals surface area contributed by atoms with Crippen molar-refractivity contribution in [3.8, 4) is 0 Å². The van der Waals surface area contributed by atoms with Crippen LogP contribution in [0.4, 0.5) is 4.79 Å². The van der Waals surface area contributed by atoms with Gasteiger partial charge in [0.1, 0.15) is 5.60 Å². The van der Waals surface area contributed by atoms with E-state index >= 15 is 0 Å². The fourth-order valence-electron chi connectivity index (χ4n) is 3.32. The van der Waals surface area contributed by atoms with Crippen LogP contribution in [0.5, 0.6) is 0 Å². The molecule has 1 amide bonds. The summed E-state index contributed by atoms with van der Waals surface area (Å²) in [4.78, 5) is 31.8. The van der Waals surface area contributed by atoms with Crippen LogP contribution in [0, 0.1) is 0 Å². The lowest BCUT2D eigenvalue weighted by molar-refractivity contribution is -0.165. The molecule has 2 rings (SSSR count). The first-order chi connectivity index (χ1) is 17.7. The predicted octanol–water partition coefficient (Wildman–Crippen LogP) is 1.32. The molecule has 0 aliphatic rings. The molecular weight excluding hydrogens is 496 g/mol. The minimum absolute atomic E-state index is 0.283. The van der Waals surface area contributed by atoms with Crippen molar-refractivity contribution in [2.75, 3.05) is 0 Å². The van der Waals surface area contributed by atoms with Gasteiger partial charge >= 0.3 is 18.0 Å². The predicted molar refractivity (Wildman–Crippen MR) is 139 cm³/mol. The maximum absolute atomic E-state index is 12.3. The molecule has 0 spiro atoms. The number of carboxylic acids is 2. The number of benzene rings is 2. The maximum Gasteiger partial charge on any atom is 0.407 e. The first-order valence-electron chi connectivity index (χ1n) is 12.0. The Kier molecular flexibility index (Phi) is 13.4. The number of ether oxygens (including phenoxy) is 1. The highest BCUT2D eigenvalue weighted by Crippen LogP contribution is 2.14. The number of carboxylic acid groups (broad SMARTS) is 2. The Hall–Kier alpha value is -3.51. The van der Waals surface area contributed by atoms with Gasteiger partial charge in [-0.05, 0) is 51.2 Å².